The van der Waals surface area contributed by atoms with Crippen LogP contribution in [-0.2, 0) is 4.74 Å². The zero-order valence-electron chi connectivity index (χ0n) is 16.8. The maximum absolute atomic E-state index is 13.3. The highest BCUT2D eigenvalue weighted by molar-refractivity contribution is 7.17. The molecular weight excluding hydrogens is 360 g/mol. The van der Waals surface area contributed by atoms with Gasteiger partial charge in [-0.2, -0.15) is 0 Å². The van der Waals surface area contributed by atoms with Crippen LogP contribution in [0.15, 0.2) is 18.2 Å². The summed E-state index contributed by atoms with van der Waals surface area (Å²) in [5, 5.41) is 0.552. The second-order valence-electron chi connectivity index (χ2n) is 6.61. The maximum Gasteiger partial charge on any atom is 0.350 e. The van der Waals surface area contributed by atoms with Gasteiger partial charge in [-0.15, -0.1) is 0 Å². The molecule has 1 amide bonds. The molecular formula is C21H28N2O3S. The van der Waals surface area contributed by atoms with Gasteiger partial charge in [0.2, 0.25) is 0 Å². The van der Waals surface area contributed by atoms with Crippen molar-refractivity contribution in [2.75, 3.05) is 18.1 Å². The third-order valence-corrected chi connectivity index (χ3v) is 5.48. The Balaban J connectivity index is 2.38. The van der Waals surface area contributed by atoms with E-state index in [1.165, 1.54) is 11.3 Å². The minimum Gasteiger partial charge on any atom is -0.462 e. The molecule has 0 radical (unpaired) electrons. The fraction of sp³-hybridized carbons (Fsp3) is 0.476. The van der Waals surface area contributed by atoms with E-state index in [2.05, 4.69) is 11.9 Å². The van der Waals surface area contributed by atoms with Crippen molar-refractivity contribution in [3.63, 3.8) is 0 Å². The Hall–Kier alpha value is -2.21. The lowest BCUT2D eigenvalue weighted by atomic mass is 10.0. The van der Waals surface area contributed by atoms with E-state index in [-0.39, 0.29) is 11.9 Å². The molecule has 0 aliphatic heterocycles. The van der Waals surface area contributed by atoms with Crippen LogP contribution in [0.4, 0.5) is 5.13 Å². The molecule has 0 spiro atoms. The molecule has 0 bridgehead atoms. The van der Waals surface area contributed by atoms with E-state index >= 15 is 0 Å². The maximum atomic E-state index is 13.3. The summed E-state index contributed by atoms with van der Waals surface area (Å²) in [6, 6.07) is 5.82. The molecule has 27 heavy (non-hydrogen) atoms. The molecule has 0 saturated carbocycles. The highest BCUT2D eigenvalue weighted by atomic mass is 32.1. The number of hydrogen-bond acceptors (Lipinski definition) is 5. The monoisotopic (exact) mass is 388 g/mol. The van der Waals surface area contributed by atoms with Gasteiger partial charge in [0.25, 0.3) is 5.91 Å². The lowest BCUT2D eigenvalue weighted by Crippen LogP contribution is -2.32. The summed E-state index contributed by atoms with van der Waals surface area (Å²) in [5.41, 5.74) is 3.33. The largest absolute Gasteiger partial charge is 0.462 e. The van der Waals surface area contributed by atoms with Crippen molar-refractivity contribution in [3.05, 3.63) is 45.5 Å². The number of hydrogen-bond donors (Lipinski definition) is 0. The molecule has 1 heterocycles. The van der Waals surface area contributed by atoms with Gasteiger partial charge in [-0.3, -0.25) is 9.69 Å². The van der Waals surface area contributed by atoms with Gasteiger partial charge in [0.1, 0.15) is 4.88 Å². The molecule has 2 rings (SSSR count). The van der Waals surface area contributed by atoms with Crippen molar-refractivity contribution in [2.24, 2.45) is 0 Å². The molecule has 0 unspecified atom stereocenters. The minimum absolute atomic E-state index is 0.0761. The Bertz CT molecular complexity index is 814. The molecule has 0 saturated heterocycles. The number of anilines is 1. The third-order valence-electron chi connectivity index (χ3n) is 4.32. The number of rotatable bonds is 8. The number of unbranched alkanes of at least 4 members (excludes halogenated alkanes) is 2. The first kappa shape index (κ1) is 21.1. The first-order valence-corrected chi connectivity index (χ1v) is 10.2. The molecule has 1 aromatic carbocycles. The van der Waals surface area contributed by atoms with Gasteiger partial charge < -0.3 is 4.74 Å². The first-order chi connectivity index (χ1) is 12.9. The number of aromatic nitrogens is 1. The van der Waals surface area contributed by atoms with Crippen molar-refractivity contribution in [3.8, 4) is 0 Å². The van der Waals surface area contributed by atoms with Gasteiger partial charge in [-0.25, -0.2) is 9.78 Å². The Morgan fingerprint density at radius 2 is 1.89 bits per heavy atom. The number of aryl methyl sites for hydroxylation is 3. The normalized spacial score (nSPS) is 10.7. The zero-order chi connectivity index (χ0) is 20.0. The van der Waals surface area contributed by atoms with Crippen molar-refractivity contribution in [1.82, 2.24) is 4.98 Å². The molecule has 0 aliphatic rings. The number of nitrogens with zero attached hydrogens (tertiary/aromatic N) is 2. The van der Waals surface area contributed by atoms with Gasteiger partial charge in [0.05, 0.1) is 12.3 Å². The molecule has 0 atom stereocenters. The van der Waals surface area contributed by atoms with Crippen LogP contribution < -0.4 is 4.90 Å². The average Bonchev–Trinajstić information content (AvgIpc) is 3.00. The number of esters is 1. The molecule has 0 N–H and O–H groups in total. The topological polar surface area (TPSA) is 59.5 Å². The van der Waals surface area contributed by atoms with Gasteiger partial charge >= 0.3 is 5.97 Å². The van der Waals surface area contributed by atoms with E-state index < -0.39 is 0 Å². The fourth-order valence-electron chi connectivity index (χ4n) is 2.89. The Labute approximate surface area is 165 Å². The third kappa shape index (κ3) is 5.16. The Morgan fingerprint density at radius 3 is 2.52 bits per heavy atom. The summed E-state index contributed by atoms with van der Waals surface area (Å²) in [7, 11) is 0. The second-order valence-corrected chi connectivity index (χ2v) is 7.59. The summed E-state index contributed by atoms with van der Waals surface area (Å²) in [6.45, 7) is 10.5. The molecule has 6 heteroatoms. The lowest BCUT2D eigenvalue weighted by Gasteiger charge is -2.21. The minimum atomic E-state index is -0.383. The van der Waals surface area contributed by atoms with Crippen LogP contribution in [0, 0.1) is 20.8 Å². The summed E-state index contributed by atoms with van der Waals surface area (Å²) >= 11 is 1.23. The van der Waals surface area contributed by atoms with Crippen molar-refractivity contribution >= 4 is 28.3 Å². The summed E-state index contributed by atoms with van der Waals surface area (Å²) in [6.07, 6.45) is 2.99. The van der Waals surface area contributed by atoms with Crippen molar-refractivity contribution in [1.29, 1.82) is 0 Å². The van der Waals surface area contributed by atoms with E-state index in [1.807, 2.05) is 32.0 Å². The van der Waals surface area contributed by atoms with E-state index in [4.69, 9.17) is 4.74 Å². The SMILES string of the molecule is CCCCCN(C(=O)c1ccc(C)cc1C)c1nc(C)c(C(=O)OCC)s1. The van der Waals surface area contributed by atoms with E-state index in [9.17, 15) is 9.59 Å². The predicted molar refractivity (Wildman–Crippen MR) is 110 cm³/mol. The molecule has 5 nitrogen and oxygen atoms in total. The number of ether oxygens (including phenoxy) is 1. The van der Waals surface area contributed by atoms with Gasteiger partial charge in [0, 0.05) is 12.1 Å². The number of carbonyl (C=O) groups excluding carboxylic acids is 2. The summed E-state index contributed by atoms with van der Waals surface area (Å²) < 4.78 is 5.11. The number of benzene rings is 1. The van der Waals surface area contributed by atoms with Crippen LogP contribution in [-0.4, -0.2) is 30.0 Å². The van der Waals surface area contributed by atoms with Crippen LogP contribution >= 0.6 is 11.3 Å². The van der Waals surface area contributed by atoms with Crippen LogP contribution in [0.25, 0.3) is 0 Å². The predicted octanol–water partition coefficient (Wildman–Crippen LogP) is 5.08. The molecule has 0 aliphatic carbocycles. The Kier molecular flexibility index (Phi) is 7.54. The summed E-state index contributed by atoms with van der Waals surface area (Å²) in [5.74, 6) is -0.459. The van der Waals surface area contributed by atoms with Crippen LogP contribution in [0.2, 0.25) is 0 Å². The van der Waals surface area contributed by atoms with Gasteiger partial charge in [-0.1, -0.05) is 48.8 Å². The van der Waals surface area contributed by atoms with Gasteiger partial charge in [0.15, 0.2) is 5.13 Å². The number of carbonyl (C=O) groups is 2. The number of amides is 1. The lowest BCUT2D eigenvalue weighted by molar-refractivity contribution is 0.0531. The van der Waals surface area contributed by atoms with Gasteiger partial charge in [-0.05, 0) is 45.7 Å². The quantitative estimate of drug-likeness (QED) is 0.467. The molecule has 2 aromatic rings. The summed E-state index contributed by atoms with van der Waals surface area (Å²) in [4.78, 5) is 32.1. The van der Waals surface area contributed by atoms with E-state index in [1.54, 1.807) is 18.7 Å². The molecule has 146 valence electrons. The van der Waals surface area contributed by atoms with E-state index in [0.717, 1.165) is 30.4 Å². The Morgan fingerprint density at radius 1 is 1.15 bits per heavy atom. The van der Waals surface area contributed by atoms with Crippen LogP contribution in [0.1, 0.15) is 70.0 Å². The van der Waals surface area contributed by atoms with E-state index in [0.29, 0.717) is 34.4 Å². The van der Waals surface area contributed by atoms with Crippen molar-refractivity contribution in [2.45, 2.75) is 53.9 Å². The molecule has 1 aromatic heterocycles. The zero-order valence-corrected chi connectivity index (χ0v) is 17.6. The highest BCUT2D eigenvalue weighted by Gasteiger charge is 2.25. The standard InChI is InChI=1S/C21H28N2O3S/c1-6-8-9-12-23(19(24)17-11-10-14(3)13-15(17)4)21-22-16(5)18(27-21)20(25)26-7-2/h10-11,13H,6-9,12H2,1-5H3. The average molecular weight is 389 g/mol. The first-order valence-electron chi connectivity index (χ1n) is 9.42. The highest BCUT2D eigenvalue weighted by Crippen LogP contribution is 2.29. The second kappa shape index (κ2) is 9.65. The smallest absolute Gasteiger partial charge is 0.350 e. The molecule has 0 fully saturated rings. The van der Waals surface area contributed by atoms with Crippen molar-refractivity contribution < 1.29 is 14.3 Å². The fourth-order valence-corrected chi connectivity index (χ4v) is 3.87. The van der Waals surface area contributed by atoms with Crippen LogP contribution in [0.5, 0.6) is 0 Å². The van der Waals surface area contributed by atoms with Crippen LogP contribution in [0.3, 0.4) is 0 Å². The number of thiazole rings is 1.